The minimum Gasteiger partial charge on any atom is -0.370 e. The minimum atomic E-state index is -0.268. The molecule has 0 fully saturated rings. The average Bonchev–Trinajstić information content (AvgIpc) is 2.89. The van der Waals surface area contributed by atoms with Crippen molar-refractivity contribution in [1.82, 2.24) is 9.66 Å². The van der Waals surface area contributed by atoms with Crippen molar-refractivity contribution in [3.05, 3.63) is 62.5 Å². The second kappa shape index (κ2) is 5.43. The molecule has 4 rings (SSSR count). The number of nitrogen functional groups attached to an aromatic ring is 1. The molecule has 24 heavy (non-hydrogen) atoms. The topological polar surface area (TPSA) is 70.1 Å². The van der Waals surface area contributed by atoms with Gasteiger partial charge >= 0.3 is 0 Å². The van der Waals surface area contributed by atoms with Crippen LogP contribution in [0, 0.1) is 0 Å². The summed E-state index contributed by atoms with van der Waals surface area (Å²) in [7, 11) is 0. The monoisotopic (exact) mass is 341 g/mol. The van der Waals surface area contributed by atoms with E-state index in [-0.39, 0.29) is 11.2 Å². The highest BCUT2D eigenvalue weighted by atomic mass is 32.1. The van der Waals surface area contributed by atoms with Crippen LogP contribution in [0.2, 0.25) is 0 Å². The van der Waals surface area contributed by atoms with Crippen LogP contribution in [0.15, 0.2) is 35.1 Å². The Bertz CT molecular complexity index is 973. The SMILES string of the molecule is CC1(C)Cc2c(sc3nc(Cc4ccccc4)n(N)c(=O)c23)CO1. The van der Waals surface area contributed by atoms with Crippen LogP contribution in [0.3, 0.4) is 0 Å². The Labute approximate surface area is 143 Å². The van der Waals surface area contributed by atoms with Crippen molar-refractivity contribution in [2.75, 3.05) is 5.84 Å². The summed E-state index contributed by atoms with van der Waals surface area (Å²) in [5.41, 5.74) is 1.69. The molecule has 2 N–H and O–H groups in total. The normalized spacial score (nSPS) is 16.2. The third-order valence-electron chi connectivity index (χ3n) is 4.42. The molecule has 0 atom stereocenters. The summed E-state index contributed by atoms with van der Waals surface area (Å²) in [5.74, 6) is 6.65. The van der Waals surface area contributed by atoms with E-state index in [1.165, 1.54) is 4.68 Å². The van der Waals surface area contributed by atoms with E-state index in [0.29, 0.717) is 30.7 Å². The highest BCUT2D eigenvalue weighted by Gasteiger charge is 2.31. The molecule has 0 spiro atoms. The zero-order valence-corrected chi connectivity index (χ0v) is 14.5. The maximum atomic E-state index is 12.8. The van der Waals surface area contributed by atoms with Crippen molar-refractivity contribution in [1.29, 1.82) is 0 Å². The fourth-order valence-electron chi connectivity index (χ4n) is 3.15. The fraction of sp³-hybridized carbons (Fsp3) is 0.333. The Morgan fingerprint density at radius 1 is 1.33 bits per heavy atom. The number of aromatic nitrogens is 2. The summed E-state index contributed by atoms with van der Waals surface area (Å²) in [4.78, 5) is 19.4. The van der Waals surface area contributed by atoms with E-state index in [2.05, 4.69) is 4.98 Å². The van der Waals surface area contributed by atoms with E-state index in [1.54, 1.807) is 11.3 Å². The van der Waals surface area contributed by atoms with Crippen molar-refractivity contribution < 1.29 is 4.74 Å². The molecule has 0 bridgehead atoms. The Balaban J connectivity index is 1.86. The van der Waals surface area contributed by atoms with Crippen molar-refractivity contribution in [3.63, 3.8) is 0 Å². The van der Waals surface area contributed by atoms with Gasteiger partial charge in [-0.25, -0.2) is 9.66 Å². The van der Waals surface area contributed by atoms with E-state index in [4.69, 9.17) is 10.6 Å². The van der Waals surface area contributed by atoms with E-state index in [1.807, 2.05) is 44.2 Å². The Morgan fingerprint density at radius 2 is 2.08 bits per heavy atom. The third kappa shape index (κ3) is 2.52. The van der Waals surface area contributed by atoms with Gasteiger partial charge in [0.05, 0.1) is 17.6 Å². The van der Waals surface area contributed by atoms with E-state index in [0.717, 1.165) is 20.8 Å². The first-order valence-corrected chi connectivity index (χ1v) is 8.75. The van der Waals surface area contributed by atoms with Gasteiger partial charge in [-0.05, 0) is 25.0 Å². The van der Waals surface area contributed by atoms with Gasteiger partial charge in [-0.2, -0.15) is 0 Å². The molecule has 1 aromatic carbocycles. The average molecular weight is 341 g/mol. The zero-order chi connectivity index (χ0) is 16.9. The Hall–Kier alpha value is -2.18. The number of ether oxygens (including phenoxy) is 1. The molecule has 0 amide bonds. The van der Waals surface area contributed by atoms with Crippen molar-refractivity contribution in [3.8, 4) is 0 Å². The molecule has 5 nitrogen and oxygen atoms in total. The molecule has 0 unspecified atom stereocenters. The maximum absolute atomic E-state index is 12.8. The molecule has 3 aromatic rings. The first-order chi connectivity index (χ1) is 11.4. The first-order valence-electron chi connectivity index (χ1n) is 7.94. The maximum Gasteiger partial charge on any atom is 0.280 e. The first kappa shape index (κ1) is 15.4. The predicted octanol–water partition coefficient (Wildman–Crippen LogP) is 2.61. The lowest BCUT2D eigenvalue weighted by molar-refractivity contribution is -0.0379. The number of fused-ring (bicyclic) bond motifs is 3. The Morgan fingerprint density at radius 3 is 2.83 bits per heavy atom. The van der Waals surface area contributed by atoms with Gasteiger partial charge in [0.1, 0.15) is 10.7 Å². The van der Waals surface area contributed by atoms with Crippen molar-refractivity contribution in [2.45, 2.75) is 38.9 Å². The lowest BCUT2D eigenvalue weighted by atomic mass is 9.94. The molecule has 0 aliphatic carbocycles. The molecule has 1 aliphatic heterocycles. The number of thiophene rings is 1. The summed E-state index contributed by atoms with van der Waals surface area (Å²) in [6, 6.07) is 9.91. The number of hydrogen-bond acceptors (Lipinski definition) is 5. The predicted molar refractivity (Wildman–Crippen MR) is 95.9 cm³/mol. The summed E-state index contributed by atoms with van der Waals surface area (Å²) >= 11 is 1.54. The molecular formula is C18H19N3O2S. The van der Waals surface area contributed by atoms with Crippen LogP contribution in [-0.2, 0) is 24.2 Å². The summed E-state index contributed by atoms with van der Waals surface area (Å²) in [5, 5.41) is 0.658. The number of hydrogen-bond donors (Lipinski definition) is 1. The molecule has 0 saturated carbocycles. The lowest BCUT2D eigenvalue weighted by Crippen LogP contribution is -2.34. The molecule has 6 heteroatoms. The highest BCUT2D eigenvalue weighted by molar-refractivity contribution is 7.18. The van der Waals surface area contributed by atoms with Gasteiger partial charge in [0.25, 0.3) is 5.56 Å². The Kier molecular flexibility index (Phi) is 3.47. The zero-order valence-electron chi connectivity index (χ0n) is 13.7. The van der Waals surface area contributed by atoms with Crippen LogP contribution in [0.5, 0.6) is 0 Å². The molecule has 124 valence electrons. The molecule has 0 saturated heterocycles. The fourth-order valence-corrected chi connectivity index (χ4v) is 4.26. The number of nitrogens with two attached hydrogens (primary N) is 1. The molecule has 3 heterocycles. The van der Waals surface area contributed by atoms with Gasteiger partial charge in [-0.3, -0.25) is 4.79 Å². The molecular weight excluding hydrogens is 322 g/mol. The van der Waals surface area contributed by atoms with E-state index in [9.17, 15) is 4.79 Å². The van der Waals surface area contributed by atoms with Crippen LogP contribution in [0.25, 0.3) is 10.2 Å². The second-order valence-electron chi connectivity index (χ2n) is 6.77. The van der Waals surface area contributed by atoms with Crippen LogP contribution >= 0.6 is 11.3 Å². The summed E-state index contributed by atoms with van der Waals surface area (Å²) in [6.45, 7) is 4.61. The van der Waals surface area contributed by atoms with Gasteiger partial charge in [-0.1, -0.05) is 30.3 Å². The molecule has 1 aliphatic rings. The van der Waals surface area contributed by atoms with Gasteiger partial charge in [0, 0.05) is 17.7 Å². The van der Waals surface area contributed by atoms with Crippen LogP contribution in [0.4, 0.5) is 0 Å². The third-order valence-corrected chi connectivity index (χ3v) is 5.51. The molecule has 0 radical (unpaired) electrons. The van der Waals surface area contributed by atoms with Gasteiger partial charge < -0.3 is 10.6 Å². The van der Waals surface area contributed by atoms with E-state index < -0.39 is 0 Å². The number of nitrogens with zero attached hydrogens (tertiary/aromatic N) is 2. The van der Waals surface area contributed by atoms with Crippen LogP contribution in [-0.4, -0.2) is 15.3 Å². The van der Waals surface area contributed by atoms with Crippen molar-refractivity contribution >= 4 is 21.6 Å². The van der Waals surface area contributed by atoms with Gasteiger partial charge in [-0.15, -0.1) is 11.3 Å². The minimum absolute atomic E-state index is 0.166. The largest absolute Gasteiger partial charge is 0.370 e. The smallest absolute Gasteiger partial charge is 0.280 e. The lowest BCUT2D eigenvalue weighted by Gasteiger charge is -2.29. The quantitative estimate of drug-likeness (QED) is 0.728. The number of rotatable bonds is 2. The summed E-state index contributed by atoms with van der Waals surface area (Å²) < 4.78 is 7.06. The van der Waals surface area contributed by atoms with Crippen LogP contribution < -0.4 is 11.4 Å². The standard InChI is InChI=1S/C18H19N3O2S/c1-18(2)9-12-13(10-23-18)24-16-15(12)17(22)21(19)14(20-16)8-11-6-4-3-5-7-11/h3-7H,8-10,19H2,1-2H3. The van der Waals surface area contributed by atoms with Gasteiger partial charge in [0.2, 0.25) is 0 Å². The van der Waals surface area contributed by atoms with Gasteiger partial charge in [0.15, 0.2) is 0 Å². The highest BCUT2D eigenvalue weighted by Crippen LogP contribution is 2.36. The van der Waals surface area contributed by atoms with Crippen LogP contribution in [0.1, 0.15) is 35.7 Å². The summed E-state index contributed by atoms with van der Waals surface area (Å²) in [6.07, 6.45) is 1.24. The van der Waals surface area contributed by atoms with E-state index >= 15 is 0 Å². The molecule has 2 aromatic heterocycles. The second-order valence-corrected chi connectivity index (χ2v) is 7.86. The number of benzene rings is 1. The van der Waals surface area contributed by atoms with Crippen molar-refractivity contribution in [2.24, 2.45) is 0 Å².